The Labute approximate surface area is 113 Å². The molecule has 2 aromatic rings. The van der Waals surface area contributed by atoms with Crippen LogP contribution in [0.5, 0.6) is 0 Å². The lowest BCUT2D eigenvalue weighted by atomic mass is 10.00. The highest BCUT2D eigenvalue weighted by Crippen LogP contribution is 2.23. The molecule has 0 bridgehead atoms. The maximum absolute atomic E-state index is 10.6. The Morgan fingerprint density at radius 3 is 2.32 bits per heavy atom. The summed E-state index contributed by atoms with van der Waals surface area (Å²) < 4.78 is 0. The number of carboxylic acids is 1. The standard InChI is InChI=1S/C17H16O2/c1-12-4-3-5-16(10-12)15-8-6-14(7-9-15)13(2)11-17(18)19/h3-11H,1-2H3,(H,18,19)/b13-11+. The number of benzene rings is 2. The number of allylic oxidation sites excluding steroid dienone is 1. The number of hydrogen-bond acceptors (Lipinski definition) is 1. The molecule has 0 fully saturated rings. The van der Waals surface area contributed by atoms with Gasteiger partial charge >= 0.3 is 5.97 Å². The van der Waals surface area contributed by atoms with Crippen molar-refractivity contribution in [3.8, 4) is 11.1 Å². The Morgan fingerprint density at radius 2 is 1.74 bits per heavy atom. The van der Waals surface area contributed by atoms with Crippen molar-refractivity contribution < 1.29 is 9.90 Å². The van der Waals surface area contributed by atoms with E-state index in [4.69, 9.17) is 5.11 Å². The van der Waals surface area contributed by atoms with Crippen molar-refractivity contribution in [3.05, 3.63) is 65.7 Å². The molecule has 0 aliphatic carbocycles. The van der Waals surface area contributed by atoms with Crippen molar-refractivity contribution in [2.75, 3.05) is 0 Å². The topological polar surface area (TPSA) is 37.3 Å². The summed E-state index contributed by atoms with van der Waals surface area (Å²) in [6.45, 7) is 3.87. The van der Waals surface area contributed by atoms with Gasteiger partial charge in [-0.2, -0.15) is 0 Å². The van der Waals surface area contributed by atoms with Gasteiger partial charge in [-0.25, -0.2) is 4.79 Å². The SMILES string of the molecule is C/C(=C\C(=O)O)c1ccc(-c2cccc(C)c2)cc1. The van der Waals surface area contributed by atoms with Gasteiger partial charge in [0.1, 0.15) is 0 Å². The van der Waals surface area contributed by atoms with Gasteiger partial charge in [-0.1, -0.05) is 54.1 Å². The molecule has 0 aliphatic rings. The van der Waals surface area contributed by atoms with Gasteiger partial charge in [0, 0.05) is 6.08 Å². The Morgan fingerprint density at radius 1 is 1.05 bits per heavy atom. The summed E-state index contributed by atoms with van der Waals surface area (Å²) in [4.78, 5) is 10.6. The van der Waals surface area contributed by atoms with Gasteiger partial charge in [0.15, 0.2) is 0 Å². The molecule has 2 rings (SSSR count). The van der Waals surface area contributed by atoms with E-state index in [0.717, 1.165) is 16.7 Å². The summed E-state index contributed by atoms with van der Waals surface area (Å²) >= 11 is 0. The molecule has 0 atom stereocenters. The summed E-state index contributed by atoms with van der Waals surface area (Å²) in [5, 5.41) is 8.73. The minimum absolute atomic E-state index is 0.753. The number of carbonyl (C=O) groups is 1. The zero-order valence-electron chi connectivity index (χ0n) is 11.1. The largest absolute Gasteiger partial charge is 0.478 e. The van der Waals surface area contributed by atoms with Crippen molar-refractivity contribution in [1.29, 1.82) is 0 Å². The molecule has 0 heterocycles. The molecule has 2 heteroatoms. The number of hydrogen-bond donors (Lipinski definition) is 1. The first-order chi connectivity index (χ1) is 9.06. The molecule has 19 heavy (non-hydrogen) atoms. The molecule has 0 aliphatic heterocycles. The van der Waals surface area contributed by atoms with Crippen LogP contribution in [0.25, 0.3) is 16.7 Å². The van der Waals surface area contributed by atoms with Crippen LogP contribution in [-0.2, 0) is 4.79 Å². The third kappa shape index (κ3) is 3.32. The molecule has 0 radical (unpaired) electrons. The second-order valence-electron chi connectivity index (χ2n) is 4.61. The second kappa shape index (κ2) is 5.53. The molecule has 0 aromatic heterocycles. The maximum atomic E-state index is 10.6. The van der Waals surface area contributed by atoms with Crippen LogP contribution < -0.4 is 0 Å². The summed E-state index contributed by atoms with van der Waals surface area (Å²) in [5.41, 5.74) is 5.22. The molecule has 2 nitrogen and oxygen atoms in total. The van der Waals surface area contributed by atoms with Crippen LogP contribution in [0.1, 0.15) is 18.1 Å². The van der Waals surface area contributed by atoms with Crippen molar-refractivity contribution in [2.45, 2.75) is 13.8 Å². The molecule has 2 aromatic carbocycles. The fourth-order valence-electron chi connectivity index (χ4n) is 2.02. The lowest BCUT2D eigenvalue weighted by molar-refractivity contribution is -0.131. The molecule has 0 amide bonds. The van der Waals surface area contributed by atoms with Crippen LogP contribution in [0.15, 0.2) is 54.6 Å². The molecular formula is C17H16O2. The van der Waals surface area contributed by atoms with Crippen molar-refractivity contribution >= 4 is 11.5 Å². The quantitative estimate of drug-likeness (QED) is 0.833. The highest BCUT2D eigenvalue weighted by atomic mass is 16.4. The van der Waals surface area contributed by atoms with E-state index in [1.54, 1.807) is 6.92 Å². The van der Waals surface area contributed by atoms with Crippen LogP contribution in [0, 0.1) is 6.92 Å². The predicted molar refractivity (Wildman–Crippen MR) is 77.9 cm³/mol. The molecular weight excluding hydrogens is 236 g/mol. The number of aliphatic carboxylic acids is 1. The van der Waals surface area contributed by atoms with Gasteiger partial charge < -0.3 is 5.11 Å². The van der Waals surface area contributed by atoms with Crippen LogP contribution in [0.2, 0.25) is 0 Å². The van der Waals surface area contributed by atoms with E-state index in [9.17, 15) is 4.79 Å². The smallest absolute Gasteiger partial charge is 0.328 e. The van der Waals surface area contributed by atoms with E-state index in [0.29, 0.717) is 0 Å². The van der Waals surface area contributed by atoms with E-state index in [1.165, 1.54) is 17.2 Å². The average molecular weight is 252 g/mol. The summed E-state index contributed by atoms with van der Waals surface area (Å²) in [5.74, 6) is -0.916. The lowest BCUT2D eigenvalue weighted by Crippen LogP contribution is -1.90. The average Bonchev–Trinajstić information content (AvgIpc) is 2.38. The van der Waals surface area contributed by atoms with E-state index >= 15 is 0 Å². The third-order valence-electron chi connectivity index (χ3n) is 3.03. The third-order valence-corrected chi connectivity index (χ3v) is 3.03. The number of carboxylic acid groups (broad SMARTS) is 1. The van der Waals surface area contributed by atoms with Crippen molar-refractivity contribution in [3.63, 3.8) is 0 Å². The maximum Gasteiger partial charge on any atom is 0.328 e. The minimum atomic E-state index is -0.916. The highest BCUT2D eigenvalue weighted by Gasteiger charge is 2.01. The first kappa shape index (κ1) is 13.1. The van der Waals surface area contributed by atoms with Crippen molar-refractivity contribution in [1.82, 2.24) is 0 Å². The van der Waals surface area contributed by atoms with Gasteiger partial charge in [-0.15, -0.1) is 0 Å². The van der Waals surface area contributed by atoms with E-state index in [2.05, 4.69) is 25.1 Å². The Balaban J connectivity index is 2.31. The lowest BCUT2D eigenvalue weighted by Gasteiger charge is -2.05. The zero-order chi connectivity index (χ0) is 13.8. The van der Waals surface area contributed by atoms with Crippen LogP contribution in [-0.4, -0.2) is 11.1 Å². The predicted octanol–water partition coefficient (Wildman–Crippen LogP) is 4.15. The van der Waals surface area contributed by atoms with Gasteiger partial charge in [-0.05, 0) is 36.1 Å². The Kier molecular flexibility index (Phi) is 3.81. The van der Waals surface area contributed by atoms with E-state index in [1.807, 2.05) is 30.3 Å². The number of rotatable bonds is 3. The fourth-order valence-corrected chi connectivity index (χ4v) is 2.02. The normalized spacial score (nSPS) is 11.4. The zero-order valence-corrected chi connectivity index (χ0v) is 11.1. The second-order valence-corrected chi connectivity index (χ2v) is 4.61. The molecule has 0 spiro atoms. The summed E-state index contributed by atoms with van der Waals surface area (Å²) in [6, 6.07) is 16.2. The van der Waals surface area contributed by atoms with Gasteiger partial charge in [0.05, 0.1) is 0 Å². The van der Waals surface area contributed by atoms with Gasteiger partial charge in [-0.3, -0.25) is 0 Å². The highest BCUT2D eigenvalue weighted by molar-refractivity contribution is 5.89. The molecule has 0 saturated heterocycles. The fraction of sp³-hybridized carbons (Fsp3) is 0.118. The van der Waals surface area contributed by atoms with Gasteiger partial charge in [0.2, 0.25) is 0 Å². The Hall–Kier alpha value is -2.35. The molecule has 0 saturated carbocycles. The summed E-state index contributed by atoms with van der Waals surface area (Å²) in [7, 11) is 0. The molecule has 96 valence electrons. The Bertz CT molecular complexity index is 622. The minimum Gasteiger partial charge on any atom is -0.478 e. The van der Waals surface area contributed by atoms with Crippen LogP contribution in [0.4, 0.5) is 0 Å². The van der Waals surface area contributed by atoms with Crippen LogP contribution >= 0.6 is 0 Å². The first-order valence-corrected chi connectivity index (χ1v) is 6.15. The first-order valence-electron chi connectivity index (χ1n) is 6.15. The molecule has 0 unspecified atom stereocenters. The van der Waals surface area contributed by atoms with Crippen molar-refractivity contribution in [2.24, 2.45) is 0 Å². The van der Waals surface area contributed by atoms with E-state index in [-0.39, 0.29) is 0 Å². The number of aryl methyl sites for hydroxylation is 1. The summed E-state index contributed by atoms with van der Waals surface area (Å²) in [6.07, 6.45) is 1.22. The van der Waals surface area contributed by atoms with E-state index < -0.39 is 5.97 Å². The van der Waals surface area contributed by atoms with Gasteiger partial charge in [0.25, 0.3) is 0 Å². The monoisotopic (exact) mass is 252 g/mol. The molecule has 1 N–H and O–H groups in total. The van der Waals surface area contributed by atoms with Crippen LogP contribution in [0.3, 0.4) is 0 Å².